The Morgan fingerprint density at radius 1 is 1.00 bits per heavy atom. The van der Waals surface area contributed by atoms with Crippen LogP contribution < -0.4 is 5.73 Å². The first-order chi connectivity index (χ1) is 9.97. The molecule has 0 atom stereocenters. The third kappa shape index (κ3) is 6.70. The molecule has 1 rings (SSSR count). The summed E-state index contributed by atoms with van der Waals surface area (Å²) in [4.78, 5) is 0.165. The van der Waals surface area contributed by atoms with Crippen LogP contribution in [0.1, 0.15) is 58.3 Å². The molecule has 3 nitrogen and oxygen atoms in total. The Balaban J connectivity index is 2.35. The molecule has 1 aromatic rings. The molecule has 1 aromatic carbocycles. The maximum absolute atomic E-state index is 12.2. The maximum Gasteiger partial charge on any atom is 0.180 e. The Morgan fingerprint density at radius 3 is 2.19 bits per heavy atom. The van der Waals surface area contributed by atoms with Crippen molar-refractivity contribution in [2.45, 2.75) is 63.2 Å². The molecular formula is C16H26ClNO2S. The zero-order valence-corrected chi connectivity index (χ0v) is 14.3. The van der Waals surface area contributed by atoms with Gasteiger partial charge in [0.05, 0.1) is 16.3 Å². The van der Waals surface area contributed by atoms with Gasteiger partial charge in [-0.15, -0.1) is 0 Å². The van der Waals surface area contributed by atoms with E-state index < -0.39 is 9.84 Å². The minimum atomic E-state index is -3.32. The largest absolute Gasteiger partial charge is 0.398 e. The van der Waals surface area contributed by atoms with Crippen LogP contribution in [0.25, 0.3) is 0 Å². The van der Waals surface area contributed by atoms with Gasteiger partial charge >= 0.3 is 0 Å². The topological polar surface area (TPSA) is 60.2 Å². The standard InChI is InChI=1S/C16H26ClNO2S/c1-2-3-4-5-6-7-8-9-12-21(19,20)16-13-14(17)10-11-15(16)18/h10-11,13H,2-9,12,18H2,1H3. The average molecular weight is 332 g/mol. The number of nitrogen functional groups attached to an aromatic ring is 1. The van der Waals surface area contributed by atoms with E-state index in [2.05, 4.69) is 6.92 Å². The van der Waals surface area contributed by atoms with Gasteiger partial charge in [0.2, 0.25) is 0 Å². The lowest BCUT2D eigenvalue weighted by atomic mass is 10.1. The van der Waals surface area contributed by atoms with Gasteiger partial charge in [-0.2, -0.15) is 0 Å². The van der Waals surface area contributed by atoms with E-state index in [-0.39, 0.29) is 16.3 Å². The minimum absolute atomic E-state index is 0.145. The van der Waals surface area contributed by atoms with Crippen LogP contribution in [0.3, 0.4) is 0 Å². The van der Waals surface area contributed by atoms with Crippen molar-refractivity contribution in [1.82, 2.24) is 0 Å². The van der Waals surface area contributed by atoms with Gasteiger partial charge in [0.15, 0.2) is 9.84 Å². The van der Waals surface area contributed by atoms with E-state index in [1.54, 1.807) is 12.1 Å². The highest BCUT2D eigenvalue weighted by Crippen LogP contribution is 2.24. The molecule has 0 saturated heterocycles. The minimum Gasteiger partial charge on any atom is -0.398 e. The van der Waals surface area contributed by atoms with Crippen LogP contribution in [0.5, 0.6) is 0 Å². The number of anilines is 1. The lowest BCUT2D eigenvalue weighted by Crippen LogP contribution is -2.09. The Bertz CT molecular complexity index is 529. The van der Waals surface area contributed by atoms with Crippen LogP contribution in [0.15, 0.2) is 23.1 Å². The van der Waals surface area contributed by atoms with Gasteiger partial charge in [-0.05, 0) is 24.6 Å². The summed E-state index contributed by atoms with van der Waals surface area (Å²) in [5, 5.41) is 0.402. The second kappa shape index (κ2) is 9.31. The van der Waals surface area contributed by atoms with Crippen molar-refractivity contribution in [3.63, 3.8) is 0 Å². The zero-order chi connectivity index (χ0) is 15.7. The van der Waals surface area contributed by atoms with Crippen molar-refractivity contribution in [3.8, 4) is 0 Å². The Labute approximate surface area is 133 Å². The number of benzene rings is 1. The quantitative estimate of drug-likeness (QED) is 0.493. The van der Waals surface area contributed by atoms with Gasteiger partial charge in [-0.1, -0.05) is 63.5 Å². The predicted molar refractivity (Wildman–Crippen MR) is 90.5 cm³/mol. The van der Waals surface area contributed by atoms with E-state index in [9.17, 15) is 8.42 Å². The second-order valence-corrected chi connectivity index (χ2v) is 7.99. The van der Waals surface area contributed by atoms with Crippen molar-refractivity contribution in [1.29, 1.82) is 0 Å². The molecule has 0 aliphatic carbocycles. The number of hydrogen-bond donors (Lipinski definition) is 1. The van der Waals surface area contributed by atoms with Crippen LogP contribution >= 0.6 is 11.6 Å². The van der Waals surface area contributed by atoms with Gasteiger partial charge < -0.3 is 5.73 Å². The molecule has 0 fully saturated rings. The van der Waals surface area contributed by atoms with Crippen molar-refractivity contribution in [2.75, 3.05) is 11.5 Å². The molecule has 5 heteroatoms. The number of nitrogens with two attached hydrogens (primary N) is 1. The monoisotopic (exact) mass is 331 g/mol. The van der Waals surface area contributed by atoms with E-state index in [0.717, 1.165) is 12.8 Å². The van der Waals surface area contributed by atoms with E-state index >= 15 is 0 Å². The fraction of sp³-hybridized carbons (Fsp3) is 0.625. The van der Waals surface area contributed by atoms with Crippen LogP contribution in [-0.2, 0) is 9.84 Å². The third-order valence-corrected chi connectivity index (χ3v) is 5.66. The Morgan fingerprint density at radius 2 is 1.57 bits per heavy atom. The SMILES string of the molecule is CCCCCCCCCCS(=O)(=O)c1cc(Cl)ccc1N. The first-order valence-corrected chi connectivity index (χ1v) is 9.78. The molecule has 0 heterocycles. The highest BCUT2D eigenvalue weighted by Gasteiger charge is 2.17. The van der Waals surface area contributed by atoms with E-state index in [4.69, 9.17) is 17.3 Å². The van der Waals surface area contributed by atoms with Crippen molar-refractivity contribution in [3.05, 3.63) is 23.2 Å². The molecule has 0 unspecified atom stereocenters. The first kappa shape index (κ1) is 18.3. The highest BCUT2D eigenvalue weighted by molar-refractivity contribution is 7.91. The summed E-state index contributed by atoms with van der Waals surface area (Å²) in [6.07, 6.45) is 9.01. The van der Waals surface area contributed by atoms with Crippen LogP contribution in [0.4, 0.5) is 5.69 Å². The number of halogens is 1. The summed E-state index contributed by atoms with van der Waals surface area (Å²) in [6, 6.07) is 4.59. The number of unbranched alkanes of at least 4 members (excludes halogenated alkanes) is 7. The van der Waals surface area contributed by atoms with Crippen LogP contribution in [0, 0.1) is 0 Å². The maximum atomic E-state index is 12.2. The van der Waals surface area contributed by atoms with Gasteiger partial charge in [0.1, 0.15) is 0 Å². The first-order valence-electron chi connectivity index (χ1n) is 7.75. The molecule has 0 spiro atoms. The molecule has 0 bridgehead atoms. The second-order valence-electron chi connectivity index (χ2n) is 5.48. The van der Waals surface area contributed by atoms with E-state index in [1.807, 2.05) is 0 Å². The zero-order valence-electron chi connectivity index (χ0n) is 12.8. The fourth-order valence-corrected chi connectivity index (χ4v) is 4.09. The van der Waals surface area contributed by atoms with Crippen molar-refractivity contribution < 1.29 is 8.42 Å². The third-order valence-electron chi connectivity index (χ3n) is 3.58. The Hall–Kier alpha value is -0.740. The summed E-state index contributed by atoms with van der Waals surface area (Å²) in [5.74, 6) is 0.145. The Kier molecular flexibility index (Phi) is 8.12. The molecular weight excluding hydrogens is 306 g/mol. The number of hydrogen-bond acceptors (Lipinski definition) is 3. The smallest absolute Gasteiger partial charge is 0.180 e. The van der Waals surface area contributed by atoms with Crippen molar-refractivity contribution >= 4 is 27.1 Å². The molecule has 2 N–H and O–H groups in total. The lowest BCUT2D eigenvalue weighted by molar-refractivity contribution is 0.572. The summed E-state index contributed by atoms with van der Waals surface area (Å²) in [6.45, 7) is 2.20. The summed E-state index contributed by atoms with van der Waals surface area (Å²) in [5.41, 5.74) is 6.01. The van der Waals surface area contributed by atoms with Crippen molar-refractivity contribution in [2.24, 2.45) is 0 Å². The highest BCUT2D eigenvalue weighted by atomic mass is 35.5. The molecule has 0 aliphatic rings. The van der Waals surface area contributed by atoms with E-state index in [1.165, 1.54) is 38.2 Å². The molecule has 21 heavy (non-hydrogen) atoms. The average Bonchev–Trinajstić information content (AvgIpc) is 2.44. The summed E-state index contributed by atoms with van der Waals surface area (Å²) >= 11 is 5.85. The lowest BCUT2D eigenvalue weighted by Gasteiger charge is -2.08. The fourth-order valence-electron chi connectivity index (χ4n) is 2.31. The van der Waals surface area contributed by atoms with Gasteiger partial charge in [-0.25, -0.2) is 8.42 Å². The molecule has 0 radical (unpaired) electrons. The van der Waals surface area contributed by atoms with Crippen LogP contribution in [-0.4, -0.2) is 14.2 Å². The summed E-state index contributed by atoms with van der Waals surface area (Å²) in [7, 11) is -3.32. The molecule has 120 valence electrons. The summed E-state index contributed by atoms with van der Waals surface area (Å²) < 4.78 is 24.5. The number of rotatable bonds is 10. The normalized spacial score (nSPS) is 11.7. The van der Waals surface area contributed by atoms with Gasteiger partial charge in [-0.3, -0.25) is 0 Å². The molecule has 0 aromatic heterocycles. The van der Waals surface area contributed by atoms with Crippen LogP contribution in [0.2, 0.25) is 5.02 Å². The van der Waals surface area contributed by atoms with E-state index in [0.29, 0.717) is 11.4 Å². The predicted octanol–water partition coefficient (Wildman–Crippen LogP) is 4.84. The van der Waals surface area contributed by atoms with Gasteiger partial charge in [0.25, 0.3) is 0 Å². The van der Waals surface area contributed by atoms with Gasteiger partial charge in [0, 0.05) is 5.02 Å². The molecule has 0 aliphatic heterocycles. The number of sulfone groups is 1. The molecule has 0 amide bonds. The molecule has 0 saturated carbocycles.